The van der Waals surface area contributed by atoms with E-state index < -0.39 is 10.0 Å². The van der Waals surface area contributed by atoms with E-state index in [0.717, 1.165) is 30.6 Å². The summed E-state index contributed by atoms with van der Waals surface area (Å²) in [6.07, 6.45) is 4.61. The van der Waals surface area contributed by atoms with Crippen LogP contribution in [0.5, 0.6) is 0 Å². The molecule has 2 aromatic rings. The first-order valence-corrected chi connectivity index (χ1v) is 9.06. The summed E-state index contributed by atoms with van der Waals surface area (Å²) in [6.45, 7) is 1.68. The molecular formula is C16H17Cl2N3O2S. The van der Waals surface area contributed by atoms with Crippen LogP contribution < -0.4 is 10.0 Å². The van der Waals surface area contributed by atoms with Crippen LogP contribution in [0.15, 0.2) is 53.6 Å². The molecule has 0 aliphatic carbocycles. The van der Waals surface area contributed by atoms with E-state index in [9.17, 15) is 8.42 Å². The lowest BCUT2D eigenvalue weighted by molar-refractivity contribution is 0.601. The monoisotopic (exact) mass is 385 g/mol. The Morgan fingerprint density at radius 3 is 2.62 bits per heavy atom. The van der Waals surface area contributed by atoms with Crippen molar-refractivity contribution in [1.29, 1.82) is 0 Å². The first kappa shape index (κ1) is 18.7. The van der Waals surface area contributed by atoms with Gasteiger partial charge in [-0.3, -0.25) is 4.72 Å². The standard InChI is InChI=1S/C16H16ClN3O2S.ClH/c17-16-15(20-23(21,22)14-4-2-1-3-5-14)10-13(11-19-16)12-6-8-18-9-7-12;/h1-6,10-11,18,20H,7-9H2;1H. The molecule has 24 heavy (non-hydrogen) atoms. The van der Waals surface area contributed by atoms with Crippen LogP contribution in [-0.4, -0.2) is 26.5 Å². The normalized spacial score (nSPS) is 14.5. The molecule has 0 bridgehead atoms. The molecule has 8 heteroatoms. The number of rotatable bonds is 4. The Morgan fingerprint density at radius 2 is 1.96 bits per heavy atom. The maximum absolute atomic E-state index is 12.4. The number of hydrogen-bond donors (Lipinski definition) is 2. The molecule has 1 aliphatic heterocycles. The van der Waals surface area contributed by atoms with E-state index in [1.807, 2.05) is 0 Å². The average molecular weight is 386 g/mol. The van der Waals surface area contributed by atoms with E-state index in [4.69, 9.17) is 11.6 Å². The van der Waals surface area contributed by atoms with E-state index in [1.165, 1.54) is 12.1 Å². The Hall–Kier alpha value is -1.60. The molecule has 3 rings (SSSR count). The van der Waals surface area contributed by atoms with Gasteiger partial charge in [-0.05, 0) is 42.3 Å². The van der Waals surface area contributed by atoms with E-state index in [-0.39, 0.29) is 28.1 Å². The molecule has 5 nitrogen and oxygen atoms in total. The predicted molar refractivity (Wildman–Crippen MR) is 99.2 cm³/mol. The van der Waals surface area contributed by atoms with Gasteiger partial charge in [-0.2, -0.15) is 0 Å². The molecule has 128 valence electrons. The van der Waals surface area contributed by atoms with Crippen LogP contribution in [0.3, 0.4) is 0 Å². The third-order valence-electron chi connectivity index (χ3n) is 3.57. The van der Waals surface area contributed by atoms with Crippen LogP contribution in [-0.2, 0) is 10.0 Å². The number of nitrogens with zero attached hydrogens (tertiary/aromatic N) is 1. The van der Waals surface area contributed by atoms with Gasteiger partial charge >= 0.3 is 0 Å². The van der Waals surface area contributed by atoms with Crippen LogP contribution in [0.2, 0.25) is 5.15 Å². The van der Waals surface area contributed by atoms with Crippen LogP contribution in [0, 0.1) is 0 Å². The SMILES string of the molecule is Cl.O=S(=O)(Nc1cc(C2=CCNCC2)cnc1Cl)c1ccccc1. The van der Waals surface area contributed by atoms with Crippen molar-refractivity contribution in [2.24, 2.45) is 0 Å². The maximum Gasteiger partial charge on any atom is 0.261 e. The second-order valence-electron chi connectivity index (χ2n) is 5.16. The van der Waals surface area contributed by atoms with Gasteiger partial charge in [-0.15, -0.1) is 12.4 Å². The number of sulfonamides is 1. The molecule has 0 spiro atoms. The second kappa shape index (κ2) is 7.98. The number of hydrogen-bond acceptors (Lipinski definition) is 4. The number of nitrogens with one attached hydrogen (secondary N) is 2. The molecule has 2 N–H and O–H groups in total. The fourth-order valence-corrected chi connectivity index (χ4v) is 3.67. The highest BCUT2D eigenvalue weighted by molar-refractivity contribution is 7.92. The Morgan fingerprint density at radius 1 is 1.21 bits per heavy atom. The number of pyridine rings is 1. The van der Waals surface area contributed by atoms with Gasteiger partial charge in [0.15, 0.2) is 5.15 Å². The van der Waals surface area contributed by atoms with Crippen molar-refractivity contribution >= 4 is 45.3 Å². The largest absolute Gasteiger partial charge is 0.313 e. The fraction of sp³-hybridized carbons (Fsp3) is 0.188. The summed E-state index contributed by atoms with van der Waals surface area (Å²) < 4.78 is 27.4. The van der Waals surface area contributed by atoms with Gasteiger partial charge in [0.25, 0.3) is 10.0 Å². The van der Waals surface area contributed by atoms with Crippen molar-refractivity contribution < 1.29 is 8.42 Å². The van der Waals surface area contributed by atoms with Gasteiger partial charge in [0.05, 0.1) is 10.6 Å². The highest BCUT2D eigenvalue weighted by atomic mass is 35.5. The fourth-order valence-electron chi connectivity index (χ4n) is 2.38. The number of halogens is 2. The van der Waals surface area contributed by atoms with Gasteiger partial charge in [-0.25, -0.2) is 13.4 Å². The van der Waals surface area contributed by atoms with Crippen molar-refractivity contribution in [2.75, 3.05) is 17.8 Å². The maximum atomic E-state index is 12.4. The molecule has 0 unspecified atom stereocenters. The van der Waals surface area contributed by atoms with Gasteiger partial charge in [0, 0.05) is 12.7 Å². The molecule has 1 aromatic heterocycles. The lowest BCUT2D eigenvalue weighted by Crippen LogP contribution is -2.20. The minimum Gasteiger partial charge on any atom is -0.313 e. The van der Waals surface area contributed by atoms with Gasteiger partial charge in [0.1, 0.15) is 0 Å². The molecule has 1 aliphatic rings. The first-order chi connectivity index (χ1) is 11.1. The lowest BCUT2D eigenvalue weighted by atomic mass is 10.0. The minimum absolute atomic E-state index is 0. The van der Waals surface area contributed by atoms with Crippen molar-refractivity contribution in [3.63, 3.8) is 0 Å². The van der Waals surface area contributed by atoms with Gasteiger partial charge < -0.3 is 5.32 Å². The number of anilines is 1. The first-order valence-electron chi connectivity index (χ1n) is 7.20. The van der Waals surface area contributed by atoms with Crippen molar-refractivity contribution in [3.8, 4) is 0 Å². The average Bonchev–Trinajstić information content (AvgIpc) is 2.58. The van der Waals surface area contributed by atoms with Crippen molar-refractivity contribution in [2.45, 2.75) is 11.3 Å². The Labute approximate surface area is 152 Å². The third-order valence-corrected chi connectivity index (χ3v) is 5.25. The van der Waals surface area contributed by atoms with Crippen molar-refractivity contribution in [3.05, 3.63) is 59.4 Å². The Bertz CT molecular complexity index is 840. The molecule has 0 radical (unpaired) electrons. The number of benzene rings is 1. The molecule has 2 heterocycles. The summed E-state index contributed by atoms with van der Waals surface area (Å²) in [7, 11) is -3.69. The molecule has 0 atom stereocenters. The quantitative estimate of drug-likeness (QED) is 0.791. The van der Waals surface area contributed by atoms with Gasteiger partial charge in [-0.1, -0.05) is 35.9 Å². The molecule has 0 fully saturated rings. The van der Waals surface area contributed by atoms with E-state index >= 15 is 0 Å². The summed E-state index contributed by atoms with van der Waals surface area (Å²) in [4.78, 5) is 4.29. The zero-order valence-corrected chi connectivity index (χ0v) is 15.1. The molecular weight excluding hydrogens is 369 g/mol. The summed E-state index contributed by atoms with van der Waals surface area (Å²) in [5.41, 5.74) is 2.29. The van der Waals surface area contributed by atoms with Crippen LogP contribution >= 0.6 is 24.0 Å². The smallest absolute Gasteiger partial charge is 0.261 e. The Kier molecular flexibility index (Phi) is 6.23. The van der Waals surface area contributed by atoms with Crippen LogP contribution in [0.4, 0.5) is 5.69 Å². The van der Waals surface area contributed by atoms with E-state index in [0.29, 0.717) is 0 Å². The summed E-state index contributed by atoms with van der Waals surface area (Å²) >= 11 is 6.06. The molecule has 0 saturated heterocycles. The summed E-state index contributed by atoms with van der Waals surface area (Å²) in [5, 5.41) is 3.36. The molecule has 0 saturated carbocycles. The Balaban J connectivity index is 0.00000208. The summed E-state index contributed by atoms with van der Waals surface area (Å²) in [5.74, 6) is 0. The highest BCUT2D eigenvalue weighted by Crippen LogP contribution is 2.28. The van der Waals surface area contributed by atoms with Crippen LogP contribution in [0.25, 0.3) is 5.57 Å². The number of aromatic nitrogens is 1. The van der Waals surface area contributed by atoms with Crippen molar-refractivity contribution in [1.82, 2.24) is 10.3 Å². The topological polar surface area (TPSA) is 71.1 Å². The minimum atomic E-state index is -3.69. The zero-order chi connectivity index (χ0) is 16.3. The third kappa shape index (κ3) is 4.27. The van der Waals surface area contributed by atoms with Crippen LogP contribution in [0.1, 0.15) is 12.0 Å². The molecule has 0 amide bonds. The predicted octanol–water partition coefficient (Wildman–Crippen LogP) is 3.33. The highest BCUT2D eigenvalue weighted by Gasteiger charge is 2.17. The summed E-state index contributed by atoms with van der Waals surface area (Å²) in [6, 6.07) is 9.89. The van der Waals surface area contributed by atoms with E-state index in [2.05, 4.69) is 21.1 Å². The molecule has 1 aromatic carbocycles. The zero-order valence-electron chi connectivity index (χ0n) is 12.7. The van der Waals surface area contributed by atoms with Gasteiger partial charge in [0.2, 0.25) is 0 Å². The lowest BCUT2D eigenvalue weighted by Gasteiger charge is -2.16. The van der Waals surface area contributed by atoms with E-state index in [1.54, 1.807) is 30.5 Å². The second-order valence-corrected chi connectivity index (χ2v) is 7.20.